The van der Waals surface area contributed by atoms with Crippen molar-refractivity contribution < 1.29 is 8.42 Å². The Morgan fingerprint density at radius 1 is 1.33 bits per heavy atom. The lowest BCUT2D eigenvalue weighted by molar-refractivity contribution is 0.392. The second-order valence-electron chi connectivity index (χ2n) is 4.50. The van der Waals surface area contributed by atoms with Crippen molar-refractivity contribution >= 4 is 26.1 Å². The van der Waals surface area contributed by atoms with Crippen LogP contribution < -0.4 is 0 Å². The summed E-state index contributed by atoms with van der Waals surface area (Å²) < 4.78 is 28.5. The second kappa shape index (κ2) is 5.69. The van der Waals surface area contributed by atoms with E-state index in [4.69, 9.17) is 0 Å². The molecule has 0 aliphatic carbocycles. The Bertz CT molecular complexity index is 513. The van der Waals surface area contributed by atoms with Crippen molar-refractivity contribution in [1.29, 1.82) is 0 Å². The lowest BCUT2D eigenvalue weighted by Gasteiger charge is -2.23. The molecule has 0 radical (unpaired) electrons. The van der Waals surface area contributed by atoms with Gasteiger partial charge in [-0.3, -0.25) is 0 Å². The van der Waals surface area contributed by atoms with Crippen molar-refractivity contribution in [3.05, 3.63) is 34.3 Å². The van der Waals surface area contributed by atoms with E-state index in [2.05, 4.69) is 15.9 Å². The molecular formula is C12H17BrN2O2S. The molecule has 1 aliphatic heterocycles. The average Bonchev–Trinajstić information content (AvgIpc) is 2.82. The normalized spacial score (nSPS) is 17.5. The maximum absolute atomic E-state index is 12.3. The molecule has 0 aromatic heterocycles. The molecule has 100 valence electrons. The molecule has 0 spiro atoms. The molecule has 1 fully saturated rings. The lowest BCUT2D eigenvalue weighted by Crippen LogP contribution is -2.39. The minimum absolute atomic E-state index is 0.401. The first-order valence-electron chi connectivity index (χ1n) is 5.96. The third kappa shape index (κ3) is 3.12. The Labute approximate surface area is 117 Å². The Morgan fingerprint density at radius 2 is 2.00 bits per heavy atom. The maximum atomic E-state index is 12.3. The van der Waals surface area contributed by atoms with E-state index in [1.807, 2.05) is 24.3 Å². The largest absolute Gasteiger partial charge is 0.282 e. The molecule has 1 heterocycles. The topological polar surface area (TPSA) is 40.6 Å². The van der Waals surface area contributed by atoms with E-state index in [1.165, 1.54) is 4.31 Å². The van der Waals surface area contributed by atoms with Crippen LogP contribution in [-0.2, 0) is 16.8 Å². The average molecular weight is 333 g/mol. The fourth-order valence-electron chi connectivity index (χ4n) is 2.09. The summed E-state index contributed by atoms with van der Waals surface area (Å²) in [6, 6.07) is 7.71. The third-order valence-corrected chi connectivity index (χ3v) is 5.51. The van der Waals surface area contributed by atoms with Crippen LogP contribution in [0.25, 0.3) is 0 Å². The van der Waals surface area contributed by atoms with E-state index >= 15 is 0 Å². The monoisotopic (exact) mass is 332 g/mol. The number of benzene rings is 1. The lowest BCUT2D eigenvalue weighted by atomic mass is 10.2. The van der Waals surface area contributed by atoms with Gasteiger partial charge >= 0.3 is 0 Å². The molecule has 1 aromatic carbocycles. The first-order chi connectivity index (χ1) is 8.50. The van der Waals surface area contributed by atoms with Gasteiger partial charge in [-0.1, -0.05) is 28.1 Å². The van der Waals surface area contributed by atoms with Crippen LogP contribution in [0.3, 0.4) is 0 Å². The second-order valence-corrected chi connectivity index (χ2v) is 7.45. The Kier molecular flexibility index (Phi) is 4.42. The quantitative estimate of drug-likeness (QED) is 0.848. The van der Waals surface area contributed by atoms with Gasteiger partial charge in [-0.05, 0) is 30.5 Å². The SMILES string of the molecule is CN(Cc1cccc(Br)c1)S(=O)(=O)N1CCCC1. The van der Waals surface area contributed by atoms with Gasteiger partial charge in [0.15, 0.2) is 0 Å². The summed E-state index contributed by atoms with van der Waals surface area (Å²) in [6.45, 7) is 1.69. The predicted molar refractivity (Wildman–Crippen MR) is 75.3 cm³/mol. The van der Waals surface area contributed by atoms with Crippen molar-refractivity contribution in [2.75, 3.05) is 20.1 Å². The van der Waals surface area contributed by atoms with Gasteiger partial charge in [0.2, 0.25) is 0 Å². The first-order valence-corrected chi connectivity index (χ1v) is 8.15. The molecule has 0 unspecified atom stereocenters. The fraction of sp³-hybridized carbons (Fsp3) is 0.500. The number of hydrogen-bond donors (Lipinski definition) is 0. The van der Waals surface area contributed by atoms with Crippen LogP contribution in [-0.4, -0.2) is 37.2 Å². The molecule has 0 amide bonds. The summed E-state index contributed by atoms with van der Waals surface area (Å²) in [4.78, 5) is 0. The number of rotatable bonds is 4. The number of hydrogen-bond acceptors (Lipinski definition) is 2. The van der Waals surface area contributed by atoms with Gasteiger partial charge < -0.3 is 0 Å². The molecule has 1 aromatic rings. The Hall–Kier alpha value is -0.430. The van der Waals surface area contributed by atoms with Crippen LogP contribution in [0.1, 0.15) is 18.4 Å². The Balaban J connectivity index is 2.09. The molecule has 0 N–H and O–H groups in total. The summed E-state index contributed by atoms with van der Waals surface area (Å²) in [7, 11) is -1.66. The summed E-state index contributed by atoms with van der Waals surface area (Å²) in [5, 5.41) is 0. The highest BCUT2D eigenvalue weighted by molar-refractivity contribution is 9.10. The maximum Gasteiger partial charge on any atom is 0.282 e. The van der Waals surface area contributed by atoms with Crippen LogP contribution in [0.4, 0.5) is 0 Å². The van der Waals surface area contributed by atoms with Crippen LogP contribution >= 0.6 is 15.9 Å². The summed E-state index contributed by atoms with van der Waals surface area (Å²) >= 11 is 3.39. The van der Waals surface area contributed by atoms with Crippen LogP contribution in [0.2, 0.25) is 0 Å². The number of nitrogens with zero attached hydrogens (tertiary/aromatic N) is 2. The molecule has 1 saturated heterocycles. The molecule has 1 aliphatic rings. The third-order valence-electron chi connectivity index (χ3n) is 3.08. The molecule has 0 bridgehead atoms. The van der Waals surface area contributed by atoms with Crippen LogP contribution in [0.15, 0.2) is 28.7 Å². The minimum Gasteiger partial charge on any atom is -0.195 e. The molecule has 4 nitrogen and oxygen atoms in total. The van der Waals surface area contributed by atoms with E-state index in [0.29, 0.717) is 19.6 Å². The molecule has 0 saturated carbocycles. The predicted octanol–water partition coefficient (Wildman–Crippen LogP) is 2.22. The zero-order chi connectivity index (χ0) is 13.2. The van der Waals surface area contributed by atoms with E-state index in [1.54, 1.807) is 11.4 Å². The van der Waals surface area contributed by atoms with Gasteiger partial charge in [-0.15, -0.1) is 0 Å². The van der Waals surface area contributed by atoms with E-state index < -0.39 is 10.2 Å². The van der Waals surface area contributed by atoms with Crippen LogP contribution in [0, 0.1) is 0 Å². The van der Waals surface area contributed by atoms with E-state index in [-0.39, 0.29) is 0 Å². The van der Waals surface area contributed by atoms with Crippen LogP contribution in [0.5, 0.6) is 0 Å². The molecule has 6 heteroatoms. The van der Waals surface area contributed by atoms with Gasteiger partial charge in [-0.2, -0.15) is 17.0 Å². The van der Waals surface area contributed by atoms with Crippen molar-refractivity contribution in [2.24, 2.45) is 0 Å². The summed E-state index contributed by atoms with van der Waals surface area (Å²) in [6.07, 6.45) is 1.92. The molecule has 18 heavy (non-hydrogen) atoms. The summed E-state index contributed by atoms with van der Waals surface area (Å²) in [5.41, 5.74) is 0.981. The highest BCUT2D eigenvalue weighted by Gasteiger charge is 2.29. The van der Waals surface area contributed by atoms with Crippen molar-refractivity contribution in [3.63, 3.8) is 0 Å². The van der Waals surface area contributed by atoms with Crippen molar-refractivity contribution in [3.8, 4) is 0 Å². The zero-order valence-electron chi connectivity index (χ0n) is 10.3. The van der Waals surface area contributed by atoms with Gasteiger partial charge in [-0.25, -0.2) is 0 Å². The van der Waals surface area contributed by atoms with Gasteiger partial charge in [0, 0.05) is 31.2 Å². The summed E-state index contributed by atoms with van der Waals surface area (Å²) in [5.74, 6) is 0. The van der Waals surface area contributed by atoms with E-state index in [9.17, 15) is 8.42 Å². The minimum atomic E-state index is -3.30. The fourth-order valence-corrected chi connectivity index (χ4v) is 3.96. The highest BCUT2D eigenvalue weighted by atomic mass is 79.9. The molecular weight excluding hydrogens is 316 g/mol. The smallest absolute Gasteiger partial charge is 0.195 e. The molecule has 0 atom stereocenters. The first kappa shape index (κ1) is 14.0. The van der Waals surface area contributed by atoms with Gasteiger partial charge in [0.05, 0.1) is 0 Å². The Morgan fingerprint density at radius 3 is 2.61 bits per heavy atom. The standard InChI is InChI=1S/C12H17BrN2O2S/c1-14(10-11-5-4-6-12(13)9-11)18(16,17)15-7-2-3-8-15/h4-6,9H,2-3,7-8,10H2,1H3. The molecule has 2 rings (SSSR count). The van der Waals surface area contributed by atoms with E-state index in [0.717, 1.165) is 22.9 Å². The van der Waals surface area contributed by atoms with Crippen molar-refractivity contribution in [2.45, 2.75) is 19.4 Å². The highest BCUT2D eigenvalue weighted by Crippen LogP contribution is 2.18. The van der Waals surface area contributed by atoms with Gasteiger partial charge in [0.25, 0.3) is 10.2 Å². The van der Waals surface area contributed by atoms with Gasteiger partial charge in [0.1, 0.15) is 0 Å². The zero-order valence-corrected chi connectivity index (χ0v) is 12.7. The van der Waals surface area contributed by atoms with Crippen molar-refractivity contribution in [1.82, 2.24) is 8.61 Å². The number of halogens is 1.